The molecular formula is C9H9F3N2O4. The highest BCUT2D eigenvalue weighted by Crippen LogP contribution is 2.31. The molecule has 0 bridgehead atoms. The third-order valence-corrected chi connectivity index (χ3v) is 1.86. The number of alkyl halides is 3. The first-order valence-electron chi connectivity index (χ1n) is 4.55. The lowest BCUT2D eigenvalue weighted by Crippen LogP contribution is -2.19. The molecule has 0 aliphatic rings. The van der Waals surface area contributed by atoms with Gasteiger partial charge in [-0.3, -0.25) is 0 Å². The summed E-state index contributed by atoms with van der Waals surface area (Å²) in [4.78, 5) is 14.6. The fourth-order valence-corrected chi connectivity index (χ4v) is 1.15. The van der Waals surface area contributed by atoms with Gasteiger partial charge in [0.2, 0.25) is 0 Å². The Balaban J connectivity index is 3.22. The van der Waals surface area contributed by atoms with Crippen molar-refractivity contribution in [1.29, 1.82) is 0 Å². The number of hydrogen-bond donors (Lipinski definition) is 2. The lowest BCUT2D eigenvalue weighted by Gasteiger charge is -2.12. The molecule has 0 atom stereocenters. The smallest absolute Gasteiger partial charge is 0.503 e. The van der Waals surface area contributed by atoms with Crippen LogP contribution in [0.3, 0.4) is 0 Å². The average Bonchev–Trinajstić information content (AvgIpc) is 2.28. The van der Waals surface area contributed by atoms with Gasteiger partial charge in [0, 0.05) is 12.6 Å². The molecule has 0 unspecified atom stereocenters. The number of aromatic nitrogens is 1. The van der Waals surface area contributed by atoms with Crippen LogP contribution in [0.1, 0.15) is 16.1 Å². The molecule has 18 heavy (non-hydrogen) atoms. The minimum absolute atomic E-state index is 0.182. The number of ether oxygens (including phenoxy) is 2. The van der Waals surface area contributed by atoms with Crippen molar-refractivity contribution in [2.24, 2.45) is 5.73 Å². The van der Waals surface area contributed by atoms with E-state index in [4.69, 9.17) is 5.73 Å². The van der Waals surface area contributed by atoms with Gasteiger partial charge in [0.1, 0.15) is 0 Å². The molecule has 0 aromatic carbocycles. The number of methoxy groups -OCH3 is 1. The van der Waals surface area contributed by atoms with Crippen molar-refractivity contribution in [3.05, 3.63) is 17.3 Å². The number of nitrogens with zero attached hydrogens (tertiary/aromatic N) is 1. The van der Waals surface area contributed by atoms with E-state index in [0.29, 0.717) is 0 Å². The van der Waals surface area contributed by atoms with E-state index in [1.54, 1.807) is 0 Å². The largest absolute Gasteiger partial charge is 0.574 e. The van der Waals surface area contributed by atoms with Gasteiger partial charge in [-0.25, -0.2) is 9.78 Å². The first-order valence-corrected chi connectivity index (χ1v) is 4.55. The van der Waals surface area contributed by atoms with Crippen molar-refractivity contribution >= 4 is 5.97 Å². The molecule has 6 nitrogen and oxygen atoms in total. The van der Waals surface area contributed by atoms with Crippen LogP contribution < -0.4 is 10.5 Å². The molecule has 1 aromatic rings. The number of aromatic hydroxyl groups is 1. The molecule has 0 amide bonds. The van der Waals surface area contributed by atoms with Crippen LogP contribution in [0.4, 0.5) is 13.2 Å². The zero-order valence-corrected chi connectivity index (χ0v) is 9.11. The van der Waals surface area contributed by atoms with Crippen LogP contribution in [-0.2, 0) is 11.3 Å². The van der Waals surface area contributed by atoms with Crippen LogP contribution >= 0.6 is 0 Å². The Morgan fingerprint density at radius 2 is 2.17 bits per heavy atom. The second kappa shape index (κ2) is 5.08. The lowest BCUT2D eigenvalue weighted by atomic mass is 10.2. The van der Waals surface area contributed by atoms with E-state index in [1.807, 2.05) is 0 Å². The molecule has 0 aliphatic carbocycles. The molecule has 0 saturated heterocycles. The Morgan fingerprint density at radius 1 is 1.56 bits per heavy atom. The summed E-state index contributed by atoms with van der Waals surface area (Å²) in [6.07, 6.45) is -5.01. The normalized spacial score (nSPS) is 11.2. The predicted octanol–water partition coefficient (Wildman–Crippen LogP) is 0.931. The van der Waals surface area contributed by atoms with Crippen LogP contribution in [0, 0.1) is 0 Å². The molecular weight excluding hydrogens is 257 g/mol. The van der Waals surface area contributed by atoms with Crippen molar-refractivity contribution in [1.82, 2.24) is 4.98 Å². The predicted molar refractivity (Wildman–Crippen MR) is 51.8 cm³/mol. The summed E-state index contributed by atoms with van der Waals surface area (Å²) < 4.78 is 43.8. The van der Waals surface area contributed by atoms with Crippen molar-refractivity contribution < 1.29 is 32.5 Å². The fourth-order valence-electron chi connectivity index (χ4n) is 1.15. The summed E-state index contributed by atoms with van der Waals surface area (Å²) in [6.45, 7) is -0.321. The highest BCUT2D eigenvalue weighted by molar-refractivity contribution is 5.91. The van der Waals surface area contributed by atoms with E-state index in [9.17, 15) is 23.1 Å². The van der Waals surface area contributed by atoms with Crippen LogP contribution in [0.2, 0.25) is 0 Å². The first-order chi connectivity index (χ1) is 8.28. The molecule has 0 aliphatic heterocycles. The second-order valence-corrected chi connectivity index (χ2v) is 3.05. The molecule has 0 saturated carbocycles. The van der Waals surface area contributed by atoms with Gasteiger partial charge in [-0.1, -0.05) is 0 Å². The molecule has 1 heterocycles. The van der Waals surface area contributed by atoms with Gasteiger partial charge in [-0.2, -0.15) is 0 Å². The molecule has 0 fully saturated rings. The second-order valence-electron chi connectivity index (χ2n) is 3.05. The Labute approximate surface area is 99.1 Å². The van der Waals surface area contributed by atoms with E-state index < -0.39 is 24.0 Å². The van der Waals surface area contributed by atoms with E-state index in [1.165, 1.54) is 0 Å². The van der Waals surface area contributed by atoms with E-state index in [0.717, 1.165) is 13.2 Å². The summed E-state index contributed by atoms with van der Waals surface area (Å²) in [5.74, 6) is -2.89. The molecule has 9 heteroatoms. The van der Waals surface area contributed by atoms with Gasteiger partial charge in [0.25, 0.3) is 5.88 Å². The van der Waals surface area contributed by atoms with Crippen molar-refractivity contribution in [2.75, 3.05) is 7.11 Å². The Hall–Kier alpha value is -2.03. The van der Waals surface area contributed by atoms with Crippen LogP contribution in [0.15, 0.2) is 6.07 Å². The third-order valence-electron chi connectivity index (χ3n) is 1.86. The summed E-state index contributed by atoms with van der Waals surface area (Å²) in [5.41, 5.74) is 4.83. The van der Waals surface area contributed by atoms with Crippen LogP contribution in [0.25, 0.3) is 0 Å². The van der Waals surface area contributed by atoms with Crippen LogP contribution in [-0.4, -0.2) is 29.5 Å². The highest BCUT2D eigenvalue weighted by atomic mass is 19.4. The van der Waals surface area contributed by atoms with Gasteiger partial charge >= 0.3 is 12.3 Å². The van der Waals surface area contributed by atoms with Gasteiger partial charge < -0.3 is 20.3 Å². The summed E-state index contributed by atoms with van der Waals surface area (Å²) >= 11 is 0. The number of carbonyl (C=O) groups is 1. The van der Waals surface area contributed by atoms with E-state index >= 15 is 0 Å². The van der Waals surface area contributed by atoms with Crippen LogP contribution in [0.5, 0.6) is 11.6 Å². The standard InChI is InChI=1S/C9H9F3N2O4/c1-17-8(16)4-2-6(15)7(14-5(4)3-13)18-9(10,11)12/h2,15H,3,13H2,1H3. The SMILES string of the molecule is COC(=O)c1cc(O)c(OC(F)(F)F)nc1CN. The van der Waals surface area contributed by atoms with Crippen molar-refractivity contribution in [3.8, 4) is 11.6 Å². The van der Waals surface area contributed by atoms with Gasteiger partial charge in [0.15, 0.2) is 5.75 Å². The van der Waals surface area contributed by atoms with Gasteiger partial charge in [0.05, 0.1) is 18.4 Å². The fraction of sp³-hybridized carbons (Fsp3) is 0.333. The van der Waals surface area contributed by atoms with Gasteiger partial charge in [-0.05, 0) is 0 Å². The monoisotopic (exact) mass is 266 g/mol. The van der Waals surface area contributed by atoms with E-state index in [2.05, 4.69) is 14.5 Å². The van der Waals surface area contributed by atoms with Gasteiger partial charge in [-0.15, -0.1) is 13.2 Å². The summed E-state index contributed by atoms with van der Waals surface area (Å²) in [7, 11) is 1.07. The summed E-state index contributed by atoms with van der Waals surface area (Å²) in [5, 5.41) is 9.28. The maximum absolute atomic E-state index is 12.0. The van der Waals surface area contributed by atoms with Crippen molar-refractivity contribution in [2.45, 2.75) is 12.9 Å². The number of nitrogens with two attached hydrogens (primary N) is 1. The maximum Gasteiger partial charge on any atom is 0.574 e. The number of carbonyl (C=O) groups excluding carboxylic acids is 1. The first kappa shape index (κ1) is 14.0. The Bertz CT molecular complexity index is 462. The summed E-state index contributed by atoms with van der Waals surface area (Å²) in [6, 6.07) is 0.752. The zero-order chi connectivity index (χ0) is 13.9. The quantitative estimate of drug-likeness (QED) is 0.790. The minimum Gasteiger partial charge on any atom is -0.503 e. The lowest BCUT2D eigenvalue weighted by molar-refractivity contribution is -0.276. The number of hydrogen-bond acceptors (Lipinski definition) is 6. The van der Waals surface area contributed by atoms with E-state index in [-0.39, 0.29) is 17.8 Å². The topological polar surface area (TPSA) is 94.7 Å². The number of esters is 1. The Morgan fingerprint density at radius 3 is 2.61 bits per heavy atom. The third kappa shape index (κ3) is 3.23. The average molecular weight is 266 g/mol. The maximum atomic E-state index is 12.0. The molecule has 100 valence electrons. The molecule has 3 N–H and O–H groups in total. The Kier molecular flexibility index (Phi) is 3.96. The molecule has 1 rings (SSSR count). The zero-order valence-electron chi connectivity index (χ0n) is 9.11. The van der Waals surface area contributed by atoms with Crippen molar-refractivity contribution in [3.63, 3.8) is 0 Å². The number of halogens is 3. The molecule has 1 aromatic heterocycles. The molecule has 0 spiro atoms. The number of rotatable bonds is 3. The minimum atomic E-state index is -5.01. The number of pyridine rings is 1. The molecule has 0 radical (unpaired) electrons. The highest BCUT2D eigenvalue weighted by Gasteiger charge is 2.34.